The van der Waals surface area contributed by atoms with Gasteiger partial charge in [0.2, 0.25) is 0 Å². The molecule has 0 saturated carbocycles. The number of nitrogens with one attached hydrogen (secondary N) is 1. The van der Waals surface area contributed by atoms with Crippen molar-refractivity contribution in [3.05, 3.63) is 40.4 Å². The van der Waals surface area contributed by atoms with Gasteiger partial charge >= 0.3 is 0 Å². The van der Waals surface area contributed by atoms with E-state index in [1.165, 1.54) is 6.33 Å². The average molecular weight is 235 g/mol. The Morgan fingerprint density at radius 3 is 2.75 bits per heavy atom. The monoisotopic (exact) mass is 235 g/mol. The smallest absolute Gasteiger partial charge is 0.115 e. The molecule has 0 aliphatic rings. The van der Waals surface area contributed by atoms with Crippen molar-refractivity contribution in [2.24, 2.45) is 5.84 Å². The van der Waals surface area contributed by atoms with Gasteiger partial charge in [-0.1, -0.05) is 0 Å². The molecule has 2 rings (SSSR count). The molecule has 2 aromatic heterocycles. The molecule has 84 valence electrons. The van der Waals surface area contributed by atoms with Crippen LogP contribution in [0.2, 0.25) is 0 Å². The third-order valence-corrected chi connectivity index (χ3v) is 3.09. The van der Waals surface area contributed by atoms with E-state index in [1.54, 1.807) is 23.7 Å². The molecule has 2 heterocycles. The van der Waals surface area contributed by atoms with Crippen molar-refractivity contribution in [2.45, 2.75) is 19.4 Å². The third-order valence-electron chi connectivity index (χ3n) is 2.26. The van der Waals surface area contributed by atoms with E-state index < -0.39 is 0 Å². The summed E-state index contributed by atoms with van der Waals surface area (Å²) < 4.78 is 0. The molecule has 0 aliphatic carbocycles. The van der Waals surface area contributed by atoms with Crippen LogP contribution in [0.1, 0.15) is 22.3 Å². The second-order valence-electron chi connectivity index (χ2n) is 3.45. The highest BCUT2D eigenvalue weighted by Crippen LogP contribution is 2.17. The largest absolute Gasteiger partial charge is 0.271 e. The molecule has 1 unspecified atom stereocenters. The molecule has 0 saturated heterocycles. The number of nitrogens with two attached hydrogens (primary N) is 1. The Morgan fingerprint density at radius 1 is 1.44 bits per heavy atom. The van der Waals surface area contributed by atoms with Crippen molar-refractivity contribution < 1.29 is 0 Å². The van der Waals surface area contributed by atoms with Gasteiger partial charge < -0.3 is 0 Å². The van der Waals surface area contributed by atoms with Gasteiger partial charge in [0.25, 0.3) is 0 Å². The van der Waals surface area contributed by atoms with E-state index in [1.807, 2.05) is 12.3 Å². The number of hydrogen-bond donors (Lipinski definition) is 2. The van der Waals surface area contributed by atoms with Crippen LogP contribution in [-0.4, -0.2) is 15.0 Å². The Morgan fingerprint density at radius 2 is 2.19 bits per heavy atom. The van der Waals surface area contributed by atoms with Crippen molar-refractivity contribution in [1.29, 1.82) is 0 Å². The minimum absolute atomic E-state index is 0.00250. The first-order valence-electron chi connectivity index (χ1n) is 4.91. The van der Waals surface area contributed by atoms with E-state index in [0.29, 0.717) is 0 Å². The molecule has 0 fully saturated rings. The first-order valence-corrected chi connectivity index (χ1v) is 5.79. The van der Waals surface area contributed by atoms with Gasteiger partial charge in [0, 0.05) is 29.8 Å². The van der Waals surface area contributed by atoms with Crippen LogP contribution in [0.25, 0.3) is 0 Å². The highest BCUT2D eigenvalue weighted by molar-refractivity contribution is 7.09. The zero-order valence-electron chi connectivity index (χ0n) is 8.92. The van der Waals surface area contributed by atoms with Gasteiger partial charge in [-0.15, -0.1) is 11.3 Å². The molecule has 16 heavy (non-hydrogen) atoms. The summed E-state index contributed by atoms with van der Waals surface area (Å²) in [6.45, 7) is 1.99. The SMILES string of the molecule is Cc1nc(CC(NN)c2cncnc2)cs1. The number of aromatic nitrogens is 3. The fourth-order valence-electron chi connectivity index (χ4n) is 1.47. The second kappa shape index (κ2) is 5.11. The van der Waals surface area contributed by atoms with Crippen LogP contribution >= 0.6 is 11.3 Å². The van der Waals surface area contributed by atoms with Crippen LogP contribution in [0, 0.1) is 6.92 Å². The Kier molecular flexibility index (Phi) is 3.55. The molecule has 6 heteroatoms. The highest BCUT2D eigenvalue weighted by atomic mass is 32.1. The van der Waals surface area contributed by atoms with E-state index in [-0.39, 0.29) is 6.04 Å². The van der Waals surface area contributed by atoms with Gasteiger partial charge in [-0.2, -0.15) is 0 Å². The molecule has 0 bridgehead atoms. The van der Waals surface area contributed by atoms with E-state index >= 15 is 0 Å². The molecule has 1 atom stereocenters. The summed E-state index contributed by atoms with van der Waals surface area (Å²) in [5.74, 6) is 5.53. The Bertz CT molecular complexity index is 441. The predicted molar refractivity (Wildman–Crippen MR) is 62.7 cm³/mol. The van der Waals surface area contributed by atoms with Crippen molar-refractivity contribution in [3.8, 4) is 0 Å². The van der Waals surface area contributed by atoms with Crippen LogP contribution in [-0.2, 0) is 6.42 Å². The Labute approximate surface area is 97.7 Å². The number of rotatable bonds is 4. The number of aryl methyl sites for hydroxylation is 1. The number of thiazole rings is 1. The summed E-state index contributed by atoms with van der Waals surface area (Å²) in [6.07, 6.45) is 5.77. The van der Waals surface area contributed by atoms with Crippen LogP contribution in [0.4, 0.5) is 0 Å². The second-order valence-corrected chi connectivity index (χ2v) is 4.52. The standard InChI is InChI=1S/C10H13N5S/c1-7-14-9(5-16-7)2-10(15-11)8-3-12-6-13-4-8/h3-6,10,15H,2,11H2,1H3. The van der Waals surface area contributed by atoms with Gasteiger partial charge in [-0.3, -0.25) is 11.3 Å². The van der Waals surface area contributed by atoms with Crippen molar-refractivity contribution >= 4 is 11.3 Å². The number of hydrazine groups is 1. The average Bonchev–Trinajstić information content (AvgIpc) is 2.73. The number of hydrogen-bond acceptors (Lipinski definition) is 6. The molecule has 5 nitrogen and oxygen atoms in total. The van der Waals surface area contributed by atoms with E-state index in [9.17, 15) is 0 Å². The van der Waals surface area contributed by atoms with Gasteiger partial charge in [0.15, 0.2) is 0 Å². The topological polar surface area (TPSA) is 76.7 Å². The van der Waals surface area contributed by atoms with Crippen LogP contribution in [0.5, 0.6) is 0 Å². The zero-order valence-corrected chi connectivity index (χ0v) is 9.74. The molecule has 0 aromatic carbocycles. The molecular formula is C10H13N5S. The minimum Gasteiger partial charge on any atom is -0.271 e. The van der Waals surface area contributed by atoms with E-state index in [0.717, 1.165) is 22.7 Å². The Hall–Kier alpha value is -1.37. The third kappa shape index (κ3) is 2.60. The van der Waals surface area contributed by atoms with Gasteiger partial charge in [0.1, 0.15) is 6.33 Å². The fraction of sp³-hybridized carbons (Fsp3) is 0.300. The van der Waals surface area contributed by atoms with Gasteiger partial charge in [-0.05, 0) is 6.92 Å². The van der Waals surface area contributed by atoms with Crippen molar-refractivity contribution in [2.75, 3.05) is 0 Å². The molecule has 3 N–H and O–H groups in total. The lowest BCUT2D eigenvalue weighted by Gasteiger charge is -2.13. The van der Waals surface area contributed by atoms with E-state index in [4.69, 9.17) is 5.84 Å². The van der Waals surface area contributed by atoms with Gasteiger partial charge in [0.05, 0.1) is 16.7 Å². The van der Waals surface area contributed by atoms with Crippen molar-refractivity contribution in [1.82, 2.24) is 20.4 Å². The summed E-state index contributed by atoms with van der Waals surface area (Å²) >= 11 is 1.64. The van der Waals surface area contributed by atoms with Gasteiger partial charge in [-0.25, -0.2) is 15.0 Å². The highest BCUT2D eigenvalue weighted by Gasteiger charge is 2.12. The molecule has 0 amide bonds. The maximum Gasteiger partial charge on any atom is 0.115 e. The molecule has 2 aromatic rings. The van der Waals surface area contributed by atoms with Crippen molar-refractivity contribution in [3.63, 3.8) is 0 Å². The van der Waals surface area contributed by atoms with E-state index in [2.05, 4.69) is 20.4 Å². The fourth-order valence-corrected chi connectivity index (χ4v) is 2.10. The summed E-state index contributed by atoms with van der Waals surface area (Å²) in [5, 5.41) is 3.11. The summed E-state index contributed by atoms with van der Waals surface area (Å²) in [6, 6.07) is 0.00250. The lowest BCUT2D eigenvalue weighted by molar-refractivity contribution is 0.543. The molecule has 0 aliphatic heterocycles. The lowest BCUT2D eigenvalue weighted by atomic mass is 10.1. The summed E-state index contributed by atoms with van der Waals surface area (Å²) in [7, 11) is 0. The quantitative estimate of drug-likeness (QED) is 0.610. The van der Waals surface area contributed by atoms with Crippen LogP contribution < -0.4 is 11.3 Å². The zero-order chi connectivity index (χ0) is 11.4. The van der Waals surface area contributed by atoms with Crippen LogP contribution in [0.3, 0.4) is 0 Å². The normalized spacial score (nSPS) is 12.6. The molecule has 0 radical (unpaired) electrons. The maximum atomic E-state index is 5.53. The first kappa shape index (κ1) is 11.1. The maximum absolute atomic E-state index is 5.53. The predicted octanol–water partition coefficient (Wildman–Crippen LogP) is 0.989. The summed E-state index contributed by atoms with van der Waals surface area (Å²) in [5.41, 5.74) is 4.77. The number of nitrogens with zero attached hydrogens (tertiary/aromatic N) is 3. The summed E-state index contributed by atoms with van der Waals surface area (Å²) in [4.78, 5) is 12.4. The lowest BCUT2D eigenvalue weighted by Crippen LogP contribution is -2.29. The Balaban J connectivity index is 2.12. The van der Waals surface area contributed by atoms with Crippen LogP contribution in [0.15, 0.2) is 24.1 Å². The minimum atomic E-state index is 0.00250. The molecular weight excluding hydrogens is 222 g/mol. The molecule has 0 spiro atoms. The first-order chi connectivity index (χ1) is 7.79.